The number of hydrogen-bond acceptors (Lipinski definition) is 6. The van der Waals surface area contributed by atoms with E-state index in [9.17, 15) is 19.2 Å². The van der Waals surface area contributed by atoms with Crippen LogP contribution in [0.25, 0.3) is 0 Å². The number of ether oxygens (including phenoxy) is 2. The van der Waals surface area contributed by atoms with Gasteiger partial charge in [-0.3, -0.25) is 19.2 Å². The molecule has 8 nitrogen and oxygen atoms in total. The molecule has 0 aromatic heterocycles. The van der Waals surface area contributed by atoms with Crippen LogP contribution < -0.4 is 14.4 Å². The molecule has 0 spiro atoms. The number of hydrogen-bond donors (Lipinski definition) is 0. The highest BCUT2D eigenvalue weighted by atomic mass is 16.5. The molecule has 1 heterocycles. The zero-order valence-corrected chi connectivity index (χ0v) is 19.4. The molecule has 0 bridgehead atoms. The van der Waals surface area contributed by atoms with Crippen molar-refractivity contribution >= 4 is 29.4 Å². The number of imide groups is 1. The van der Waals surface area contributed by atoms with Crippen molar-refractivity contribution in [3.63, 3.8) is 0 Å². The number of rotatable bonds is 6. The van der Waals surface area contributed by atoms with Gasteiger partial charge in [-0.2, -0.15) is 0 Å². The van der Waals surface area contributed by atoms with Gasteiger partial charge in [0.2, 0.25) is 5.91 Å². The minimum Gasteiger partial charge on any atom is -0.497 e. The summed E-state index contributed by atoms with van der Waals surface area (Å²) in [6, 6.07) is 12.0. The molecule has 2 aromatic rings. The van der Waals surface area contributed by atoms with Crippen LogP contribution in [0.1, 0.15) is 55.8 Å². The molecule has 1 saturated heterocycles. The third-order valence-electron chi connectivity index (χ3n) is 6.35. The molecule has 1 atom stereocenters. The van der Waals surface area contributed by atoms with E-state index < -0.39 is 17.9 Å². The van der Waals surface area contributed by atoms with Crippen molar-refractivity contribution in [2.45, 2.75) is 57.5 Å². The number of esters is 1. The summed E-state index contributed by atoms with van der Waals surface area (Å²) < 4.78 is 10.2. The predicted octanol–water partition coefficient (Wildman–Crippen LogP) is 3.73. The maximum absolute atomic E-state index is 13.6. The zero-order chi connectivity index (χ0) is 24.2. The Morgan fingerprint density at radius 3 is 2.12 bits per heavy atom. The second kappa shape index (κ2) is 10.1. The normalized spacial score (nSPS) is 18.6. The van der Waals surface area contributed by atoms with E-state index >= 15 is 0 Å². The van der Waals surface area contributed by atoms with Crippen LogP contribution in [-0.2, 0) is 14.4 Å². The number of nitrogens with zero attached hydrogens (tertiary/aromatic N) is 2. The quantitative estimate of drug-likeness (QED) is 0.367. The number of methoxy groups -OCH3 is 1. The average Bonchev–Trinajstić information content (AvgIpc) is 3.13. The number of benzene rings is 2. The number of carbonyl (C=O) groups is 4. The maximum Gasteiger partial charge on any atom is 0.308 e. The Hall–Kier alpha value is -3.68. The first-order valence-electron chi connectivity index (χ1n) is 11.5. The van der Waals surface area contributed by atoms with Crippen molar-refractivity contribution in [2.24, 2.45) is 0 Å². The van der Waals surface area contributed by atoms with Gasteiger partial charge in [0.25, 0.3) is 11.8 Å². The van der Waals surface area contributed by atoms with Gasteiger partial charge in [-0.25, -0.2) is 4.90 Å². The summed E-state index contributed by atoms with van der Waals surface area (Å²) in [6.45, 7) is 1.30. The van der Waals surface area contributed by atoms with Crippen molar-refractivity contribution in [2.75, 3.05) is 12.0 Å². The van der Waals surface area contributed by atoms with Crippen LogP contribution >= 0.6 is 0 Å². The Morgan fingerprint density at radius 1 is 0.912 bits per heavy atom. The van der Waals surface area contributed by atoms with Crippen molar-refractivity contribution in [1.82, 2.24) is 4.90 Å². The topological polar surface area (TPSA) is 93.2 Å². The van der Waals surface area contributed by atoms with Crippen LogP contribution in [-0.4, -0.2) is 47.8 Å². The molecule has 2 fully saturated rings. The van der Waals surface area contributed by atoms with Crippen LogP contribution in [0.3, 0.4) is 0 Å². The third kappa shape index (κ3) is 4.81. The fraction of sp³-hybridized carbons (Fsp3) is 0.385. The molecular weight excluding hydrogens is 436 g/mol. The predicted molar refractivity (Wildman–Crippen MR) is 125 cm³/mol. The first kappa shape index (κ1) is 23.5. The monoisotopic (exact) mass is 464 g/mol. The lowest BCUT2D eigenvalue weighted by molar-refractivity contribution is -0.132. The molecule has 1 saturated carbocycles. The van der Waals surface area contributed by atoms with Gasteiger partial charge in [-0.15, -0.1) is 0 Å². The van der Waals surface area contributed by atoms with Crippen LogP contribution in [0.2, 0.25) is 0 Å². The first-order chi connectivity index (χ1) is 16.4. The van der Waals surface area contributed by atoms with E-state index in [1.165, 1.54) is 19.1 Å². The molecule has 34 heavy (non-hydrogen) atoms. The summed E-state index contributed by atoms with van der Waals surface area (Å²) in [6.07, 6.45) is 4.59. The van der Waals surface area contributed by atoms with Crippen LogP contribution in [0.4, 0.5) is 5.69 Å². The Morgan fingerprint density at radius 2 is 1.53 bits per heavy atom. The molecule has 4 rings (SSSR count). The SMILES string of the molecule is COc1ccc(C(=O)N(C2CCCCC2)C2CC(=O)N(c3ccc(OC(C)=O)cc3)C2=O)cc1. The highest BCUT2D eigenvalue weighted by Crippen LogP contribution is 2.33. The van der Waals surface area contributed by atoms with Gasteiger partial charge in [0.15, 0.2) is 0 Å². The van der Waals surface area contributed by atoms with Gasteiger partial charge in [-0.1, -0.05) is 19.3 Å². The molecule has 0 N–H and O–H groups in total. The van der Waals surface area contributed by atoms with Crippen LogP contribution in [0, 0.1) is 0 Å². The lowest BCUT2D eigenvalue weighted by Gasteiger charge is -2.37. The smallest absolute Gasteiger partial charge is 0.308 e. The van der Waals surface area contributed by atoms with Crippen molar-refractivity contribution in [3.05, 3.63) is 54.1 Å². The standard InChI is InChI=1S/C26H28N2O6/c1-17(29)34-22-14-10-20(11-15-22)28-24(30)16-23(26(28)32)27(19-6-4-3-5-7-19)25(31)18-8-12-21(33-2)13-9-18/h8-15,19,23H,3-7,16H2,1-2H3. The number of carbonyl (C=O) groups excluding carboxylic acids is 4. The molecule has 1 unspecified atom stereocenters. The second-order valence-electron chi connectivity index (χ2n) is 8.61. The lowest BCUT2D eigenvalue weighted by atomic mass is 9.92. The maximum atomic E-state index is 13.6. The molecule has 8 heteroatoms. The van der Waals surface area contributed by atoms with E-state index in [0.29, 0.717) is 22.7 Å². The highest BCUT2D eigenvalue weighted by Gasteiger charge is 2.46. The molecule has 0 radical (unpaired) electrons. The van der Waals surface area contributed by atoms with Gasteiger partial charge in [0.1, 0.15) is 17.5 Å². The van der Waals surface area contributed by atoms with Gasteiger partial charge in [0.05, 0.1) is 19.2 Å². The zero-order valence-electron chi connectivity index (χ0n) is 19.4. The molecule has 1 aliphatic heterocycles. The minimum atomic E-state index is -0.863. The van der Waals surface area contributed by atoms with E-state index in [2.05, 4.69) is 0 Å². The number of anilines is 1. The molecule has 1 aliphatic carbocycles. The summed E-state index contributed by atoms with van der Waals surface area (Å²) in [5.41, 5.74) is 0.838. The molecule has 178 valence electrons. The first-order valence-corrected chi connectivity index (χ1v) is 11.5. The fourth-order valence-corrected chi connectivity index (χ4v) is 4.74. The Labute approximate surface area is 198 Å². The molecule has 3 amide bonds. The van der Waals surface area contributed by atoms with Crippen LogP contribution in [0.15, 0.2) is 48.5 Å². The Balaban J connectivity index is 1.62. The molecule has 2 aliphatic rings. The fourth-order valence-electron chi connectivity index (χ4n) is 4.74. The lowest BCUT2D eigenvalue weighted by Crippen LogP contribution is -2.51. The van der Waals surface area contributed by atoms with E-state index in [1.807, 2.05) is 0 Å². The van der Waals surface area contributed by atoms with E-state index in [4.69, 9.17) is 9.47 Å². The van der Waals surface area contributed by atoms with Gasteiger partial charge < -0.3 is 14.4 Å². The van der Waals surface area contributed by atoms with Crippen molar-refractivity contribution in [3.8, 4) is 11.5 Å². The average molecular weight is 465 g/mol. The highest BCUT2D eigenvalue weighted by molar-refractivity contribution is 6.23. The molecule has 2 aromatic carbocycles. The van der Waals surface area contributed by atoms with Crippen LogP contribution in [0.5, 0.6) is 11.5 Å². The summed E-state index contributed by atoms with van der Waals surface area (Å²) in [5.74, 6) is -0.535. The molecular formula is C26H28N2O6. The largest absolute Gasteiger partial charge is 0.497 e. The summed E-state index contributed by atoms with van der Waals surface area (Å²) >= 11 is 0. The third-order valence-corrected chi connectivity index (χ3v) is 6.35. The summed E-state index contributed by atoms with van der Waals surface area (Å²) in [5, 5.41) is 0. The second-order valence-corrected chi connectivity index (χ2v) is 8.61. The summed E-state index contributed by atoms with van der Waals surface area (Å²) in [4.78, 5) is 54.0. The minimum absolute atomic E-state index is 0.0665. The number of amides is 3. The van der Waals surface area contributed by atoms with E-state index in [-0.39, 0.29) is 24.3 Å². The van der Waals surface area contributed by atoms with E-state index in [1.54, 1.807) is 48.4 Å². The van der Waals surface area contributed by atoms with Crippen molar-refractivity contribution < 1.29 is 28.7 Å². The van der Waals surface area contributed by atoms with E-state index in [0.717, 1.165) is 37.0 Å². The Bertz CT molecular complexity index is 1070. The van der Waals surface area contributed by atoms with Gasteiger partial charge in [-0.05, 0) is 61.4 Å². The Kier molecular flexibility index (Phi) is 6.95. The van der Waals surface area contributed by atoms with Crippen molar-refractivity contribution in [1.29, 1.82) is 0 Å². The van der Waals surface area contributed by atoms with Gasteiger partial charge in [0, 0.05) is 18.5 Å². The summed E-state index contributed by atoms with van der Waals surface area (Å²) in [7, 11) is 1.56. The van der Waals surface area contributed by atoms with Gasteiger partial charge >= 0.3 is 5.97 Å².